The van der Waals surface area contributed by atoms with Crippen molar-refractivity contribution in [1.29, 1.82) is 0 Å². The van der Waals surface area contributed by atoms with Crippen LogP contribution in [0, 0.1) is 11.7 Å². The topological polar surface area (TPSA) is 63.3 Å². The summed E-state index contributed by atoms with van der Waals surface area (Å²) in [5, 5.41) is 9.04. The van der Waals surface area contributed by atoms with E-state index >= 15 is 0 Å². The van der Waals surface area contributed by atoms with Crippen LogP contribution in [0.2, 0.25) is 0 Å². The highest BCUT2D eigenvalue weighted by atomic mass is 19.1. The molecule has 16 heavy (non-hydrogen) atoms. The van der Waals surface area contributed by atoms with Gasteiger partial charge < -0.3 is 10.8 Å². The molecule has 3 nitrogen and oxygen atoms in total. The summed E-state index contributed by atoms with van der Waals surface area (Å²) < 4.78 is 13.0. The number of carbonyl (C=O) groups is 1. The van der Waals surface area contributed by atoms with E-state index in [4.69, 9.17) is 10.8 Å². The number of anilines is 1. The first-order valence-corrected chi connectivity index (χ1v) is 5.26. The van der Waals surface area contributed by atoms with Crippen molar-refractivity contribution in [2.24, 2.45) is 5.92 Å². The van der Waals surface area contributed by atoms with Gasteiger partial charge in [0.1, 0.15) is 5.82 Å². The van der Waals surface area contributed by atoms with Crippen LogP contribution in [0.4, 0.5) is 10.1 Å². The molecule has 4 heteroatoms. The van der Waals surface area contributed by atoms with Gasteiger partial charge in [-0.05, 0) is 30.5 Å². The average molecular weight is 223 g/mol. The van der Waals surface area contributed by atoms with Crippen LogP contribution in [-0.2, 0) is 10.2 Å². The summed E-state index contributed by atoms with van der Waals surface area (Å²) in [5.41, 5.74) is 6.08. The second-order valence-corrected chi connectivity index (χ2v) is 4.45. The zero-order chi connectivity index (χ0) is 11.9. The second-order valence-electron chi connectivity index (χ2n) is 4.45. The van der Waals surface area contributed by atoms with Crippen molar-refractivity contribution in [2.45, 2.75) is 25.2 Å². The van der Waals surface area contributed by atoms with Gasteiger partial charge in [0.05, 0.1) is 11.6 Å². The minimum Gasteiger partial charge on any atom is -0.481 e. The molecule has 1 aliphatic rings. The molecule has 1 aliphatic carbocycles. The largest absolute Gasteiger partial charge is 0.481 e. The average Bonchev–Trinajstić information content (AvgIpc) is 3.02. The van der Waals surface area contributed by atoms with E-state index in [1.807, 2.05) is 0 Å². The van der Waals surface area contributed by atoms with Gasteiger partial charge in [-0.25, -0.2) is 4.39 Å². The van der Waals surface area contributed by atoms with Gasteiger partial charge in [0.2, 0.25) is 0 Å². The first-order valence-electron chi connectivity index (χ1n) is 5.26. The van der Waals surface area contributed by atoms with Crippen LogP contribution >= 0.6 is 0 Å². The van der Waals surface area contributed by atoms with Crippen molar-refractivity contribution >= 4 is 11.7 Å². The monoisotopic (exact) mass is 223 g/mol. The molecular formula is C12H14FNO2. The van der Waals surface area contributed by atoms with E-state index in [1.165, 1.54) is 6.07 Å². The summed E-state index contributed by atoms with van der Waals surface area (Å²) in [5.74, 6) is -1.74. The highest BCUT2D eigenvalue weighted by Gasteiger charge is 2.51. The standard InChI is InChI=1S/C12H14FNO2/c1-7(11(15)16)12(4-5-12)8-2-3-9(13)10(14)6-8/h2-3,6-7H,4-5,14H2,1H3,(H,15,16). The van der Waals surface area contributed by atoms with Crippen molar-refractivity contribution in [3.8, 4) is 0 Å². The Labute approximate surface area is 93.1 Å². The Kier molecular flexibility index (Phi) is 2.37. The maximum Gasteiger partial charge on any atom is 0.307 e. The SMILES string of the molecule is CC(C(=O)O)C1(c2ccc(F)c(N)c2)CC1. The molecule has 1 aromatic rings. The number of nitrogens with two attached hydrogens (primary N) is 1. The van der Waals surface area contributed by atoms with Crippen LogP contribution < -0.4 is 5.73 Å². The van der Waals surface area contributed by atoms with Gasteiger partial charge in [0, 0.05) is 5.41 Å². The lowest BCUT2D eigenvalue weighted by molar-refractivity contribution is -0.142. The molecule has 1 fully saturated rings. The number of rotatable bonds is 3. The van der Waals surface area contributed by atoms with E-state index in [1.54, 1.807) is 19.1 Å². The number of aliphatic carboxylic acids is 1. The Bertz CT molecular complexity index is 441. The quantitative estimate of drug-likeness (QED) is 0.772. The van der Waals surface area contributed by atoms with Crippen molar-refractivity contribution in [3.05, 3.63) is 29.6 Å². The summed E-state index contributed by atoms with van der Waals surface area (Å²) >= 11 is 0. The fourth-order valence-corrected chi connectivity index (χ4v) is 2.20. The molecule has 0 spiro atoms. The molecule has 1 saturated carbocycles. The van der Waals surface area contributed by atoms with Crippen molar-refractivity contribution in [3.63, 3.8) is 0 Å². The molecule has 0 heterocycles. The summed E-state index contributed by atoms with van der Waals surface area (Å²) in [6.07, 6.45) is 1.65. The zero-order valence-electron chi connectivity index (χ0n) is 9.03. The van der Waals surface area contributed by atoms with Gasteiger partial charge in [-0.2, -0.15) is 0 Å². The molecule has 2 rings (SSSR count). The number of benzene rings is 1. The number of carboxylic acids is 1. The van der Waals surface area contributed by atoms with Crippen LogP contribution in [-0.4, -0.2) is 11.1 Å². The van der Waals surface area contributed by atoms with Gasteiger partial charge in [0.15, 0.2) is 0 Å². The molecule has 1 atom stereocenters. The van der Waals surface area contributed by atoms with Gasteiger partial charge >= 0.3 is 5.97 Å². The summed E-state index contributed by atoms with van der Waals surface area (Å²) in [6.45, 7) is 1.69. The maximum atomic E-state index is 13.0. The van der Waals surface area contributed by atoms with E-state index in [2.05, 4.69) is 0 Å². The molecule has 0 aliphatic heterocycles. The smallest absolute Gasteiger partial charge is 0.307 e. The number of hydrogen-bond acceptors (Lipinski definition) is 2. The molecule has 86 valence electrons. The third-order valence-corrected chi connectivity index (χ3v) is 3.56. The third kappa shape index (κ3) is 1.54. The Balaban J connectivity index is 2.37. The van der Waals surface area contributed by atoms with Crippen molar-refractivity contribution in [1.82, 2.24) is 0 Å². The first-order chi connectivity index (χ1) is 7.47. The fraction of sp³-hybridized carbons (Fsp3) is 0.417. The molecular weight excluding hydrogens is 209 g/mol. The van der Waals surface area contributed by atoms with E-state index in [0.29, 0.717) is 0 Å². The lowest BCUT2D eigenvalue weighted by Crippen LogP contribution is -2.25. The van der Waals surface area contributed by atoms with Crippen molar-refractivity contribution < 1.29 is 14.3 Å². The van der Waals surface area contributed by atoms with E-state index in [9.17, 15) is 9.18 Å². The second kappa shape index (κ2) is 3.47. The lowest BCUT2D eigenvalue weighted by atomic mass is 9.83. The Morgan fingerprint density at radius 1 is 1.56 bits per heavy atom. The molecule has 1 unspecified atom stereocenters. The predicted octanol–water partition coefficient (Wildman–Crippen LogP) is 2.16. The van der Waals surface area contributed by atoms with E-state index in [0.717, 1.165) is 18.4 Å². The van der Waals surface area contributed by atoms with E-state index < -0.39 is 17.7 Å². The maximum absolute atomic E-state index is 13.0. The van der Waals surface area contributed by atoms with Crippen molar-refractivity contribution in [2.75, 3.05) is 5.73 Å². The molecule has 3 N–H and O–H groups in total. The normalized spacial score (nSPS) is 19.1. The number of carboxylic acid groups (broad SMARTS) is 1. The molecule has 0 aromatic heterocycles. The summed E-state index contributed by atoms with van der Waals surface area (Å²) in [7, 11) is 0. The van der Waals surface area contributed by atoms with Gasteiger partial charge in [-0.3, -0.25) is 4.79 Å². The zero-order valence-corrected chi connectivity index (χ0v) is 9.03. The summed E-state index contributed by atoms with van der Waals surface area (Å²) in [6, 6.07) is 4.50. The highest BCUT2D eigenvalue weighted by Crippen LogP contribution is 2.54. The number of nitrogen functional groups attached to an aromatic ring is 1. The van der Waals surface area contributed by atoms with Crippen LogP contribution in [0.5, 0.6) is 0 Å². The fourth-order valence-electron chi connectivity index (χ4n) is 2.20. The molecule has 1 aromatic carbocycles. The Hall–Kier alpha value is -1.58. The van der Waals surface area contributed by atoms with Crippen LogP contribution in [0.1, 0.15) is 25.3 Å². The van der Waals surface area contributed by atoms with Gasteiger partial charge in [-0.1, -0.05) is 13.0 Å². The van der Waals surface area contributed by atoms with Crippen LogP contribution in [0.25, 0.3) is 0 Å². The number of halogens is 1. The van der Waals surface area contributed by atoms with Gasteiger partial charge in [-0.15, -0.1) is 0 Å². The molecule has 0 radical (unpaired) electrons. The predicted molar refractivity (Wildman–Crippen MR) is 58.5 cm³/mol. The Morgan fingerprint density at radius 2 is 2.19 bits per heavy atom. The Morgan fingerprint density at radius 3 is 2.62 bits per heavy atom. The van der Waals surface area contributed by atoms with Gasteiger partial charge in [0.25, 0.3) is 0 Å². The minimum absolute atomic E-state index is 0.0846. The molecule has 0 amide bonds. The van der Waals surface area contributed by atoms with Crippen LogP contribution in [0.15, 0.2) is 18.2 Å². The molecule has 0 saturated heterocycles. The third-order valence-electron chi connectivity index (χ3n) is 3.56. The van der Waals surface area contributed by atoms with E-state index in [-0.39, 0.29) is 11.1 Å². The lowest BCUT2D eigenvalue weighted by Gasteiger charge is -2.20. The number of hydrogen-bond donors (Lipinski definition) is 2. The molecule has 0 bridgehead atoms. The van der Waals surface area contributed by atoms with Crippen LogP contribution in [0.3, 0.4) is 0 Å². The highest BCUT2D eigenvalue weighted by molar-refractivity contribution is 5.73. The minimum atomic E-state index is -0.819. The summed E-state index contributed by atoms with van der Waals surface area (Å²) in [4.78, 5) is 11.0. The first kappa shape index (κ1) is 10.9.